The van der Waals surface area contributed by atoms with E-state index in [-0.39, 0.29) is 0 Å². The van der Waals surface area contributed by atoms with Crippen molar-refractivity contribution in [1.29, 1.82) is 0 Å². The maximum atomic E-state index is 11.2. The number of aromatic carboxylic acids is 1. The average molecular weight is 236 g/mol. The fourth-order valence-corrected chi connectivity index (χ4v) is 2.28. The molecule has 1 aliphatic carbocycles. The zero-order valence-electron chi connectivity index (χ0n) is 8.48. The van der Waals surface area contributed by atoms with Crippen molar-refractivity contribution in [2.75, 3.05) is 0 Å². The average Bonchev–Trinajstić information content (AvgIpc) is 2.99. The lowest BCUT2D eigenvalue weighted by Gasteiger charge is -2.05. The highest BCUT2D eigenvalue weighted by atomic mass is 35.5. The molecule has 1 saturated carbocycles. The van der Waals surface area contributed by atoms with E-state index in [1.807, 2.05) is 16.7 Å². The van der Waals surface area contributed by atoms with E-state index in [9.17, 15) is 4.79 Å². The van der Waals surface area contributed by atoms with Gasteiger partial charge in [0.25, 0.3) is 0 Å². The zero-order chi connectivity index (χ0) is 11.3. The number of hydrogen-bond donors (Lipinski definition) is 1. The highest BCUT2D eigenvalue weighted by molar-refractivity contribution is 6.31. The summed E-state index contributed by atoms with van der Waals surface area (Å²) >= 11 is 5.90. The van der Waals surface area contributed by atoms with Crippen molar-refractivity contribution in [1.82, 2.24) is 4.57 Å². The first-order chi connectivity index (χ1) is 7.66. The second kappa shape index (κ2) is 3.25. The van der Waals surface area contributed by atoms with Crippen LogP contribution in [0.15, 0.2) is 24.3 Å². The van der Waals surface area contributed by atoms with E-state index in [2.05, 4.69) is 0 Å². The van der Waals surface area contributed by atoms with Crippen molar-refractivity contribution >= 4 is 28.5 Å². The van der Waals surface area contributed by atoms with Crippen LogP contribution in [-0.2, 0) is 0 Å². The van der Waals surface area contributed by atoms with E-state index in [0.29, 0.717) is 16.8 Å². The van der Waals surface area contributed by atoms with E-state index >= 15 is 0 Å². The molecule has 82 valence electrons. The molecule has 0 bridgehead atoms. The van der Waals surface area contributed by atoms with Crippen LogP contribution in [0.5, 0.6) is 0 Å². The Balaban J connectivity index is 2.32. The van der Waals surface area contributed by atoms with Crippen LogP contribution in [0.1, 0.15) is 29.4 Å². The third-order valence-corrected chi connectivity index (χ3v) is 3.17. The molecule has 1 aromatic heterocycles. The molecule has 0 aliphatic heterocycles. The Bertz CT molecular complexity index is 584. The summed E-state index contributed by atoms with van der Waals surface area (Å²) in [5, 5.41) is 10.7. The van der Waals surface area contributed by atoms with Crippen molar-refractivity contribution < 1.29 is 9.90 Å². The van der Waals surface area contributed by atoms with Gasteiger partial charge in [-0.3, -0.25) is 0 Å². The monoisotopic (exact) mass is 235 g/mol. The summed E-state index contributed by atoms with van der Waals surface area (Å²) in [6, 6.07) is 7.55. The van der Waals surface area contributed by atoms with Gasteiger partial charge in [0, 0.05) is 22.0 Å². The molecule has 0 amide bonds. The second-order valence-electron chi connectivity index (χ2n) is 4.14. The van der Waals surface area contributed by atoms with Gasteiger partial charge >= 0.3 is 5.97 Å². The number of halogens is 1. The lowest BCUT2D eigenvalue weighted by Crippen LogP contribution is -2.06. The predicted octanol–water partition coefficient (Wildman–Crippen LogP) is 3.33. The third-order valence-electron chi connectivity index (χ3n) is 2.93. The van der Waals surface area contributed by atoms with Gasteiger partial charge in [-0.15, -0.1) is 0 Å². The van der Waals surface area contributed by atoms with Gasteiger partial charge < -0.3 is 9.67 Å². The molecule has 4 heteroatoms. The van der Waals surface area contributed by atoms with Gasteiger partial charge in [0.15, 0.2) is 0 Å². The highest BCUT2D eigenvalue weighted by Crippen LogP contribution is 2.40. The number of carboxylic acids is 1. The summed E-state index contributed by atoms with van der Waals surface area (Å²) in [5.74, 6) is -0.876. The van der Waals surface area contributed by atoms with E-state index in [1.54, 1.807) is 12.1 Å². The fraction of sp³-hybridized carbons (Fsp3) is 0.250. The molecule has 16 heavy (non-hydrogen) atoms. The molecule has 0 radical (unpaired) electrons. The van der Waals surface area contributed by atoms with Crippen LogP contribution in [0.2, 0.25) is 5.02 Å². The molecule has 0 unspecified atom stereocenters. The smallest absolute Gasteiger partial charge is 0.352 e. The van der Waals surface area contributed by atoms with Crippen molar-refractivity contribution in [3.8, 4) is 0 Å². The topological polar surface area (TPSA) is 42.2 Å². The fourth-order valence-electron chi connectivity index (χ4n) is 2.10. The standard InChI is InChI=1S/C12H10ClNO2/c13-8-1-4-10-7(5-8)6-11(12(15)16)14(10)9-2-3-9/h1,4-6,9H,2-3H2,(H,15,16). The number of rotatable bonds is 2. The SMILES string of the molecule is O=C(O)c1cc2cc(Cl)ccc2n1C1CC1. The Morgan fingerprint density at radius 1 is 1.38 bits per heavy atom. The number of carbonyl (C=O) groups is 1. The minimum absolute atomic E-state index is 0.352. The maximum Gasteiger partial charge on any atom is 0.352 e. The van der Waals surface area contributed by atoms with Gasteiger partial charge in [-0.25, -0.2) is 4.79 Å². The molecule has 0 saturated heterocycles. The van der Waals surface area contributed by atoms with Gasteiger partial charge in [-0.05, 0) is 37.1 Å². The number of aromatic nitrogens is 1. The van der Waals surface area contributed by atoms with Gasteiger partial charge in [0.1, 0.15) is 5.69 Å². The zero-order valence-corrected chi connectivity index (χ0v) is 9.24. The quantitative estimate of drug-likeness (QED) is 0.868. The van der Waals surface area contributed by atoms with Crippen LogP contribution in [0, 0.1) is 0 Å². The summed E-state index contributed by atoms with van der Waals surface area (Å²) in [4.78, 5) is 11.2. The molecule has 0 atom stereocenters. The number of fused-ring (bicyclic) bond motifs is 1. The number of benzene rings is 1. The van der Waals surface area contributed by atoms with Crippen LogP contribution < -0.4 is 0 Å². The first-order valence-electron chi connectivity index (χ1n) is 5.20. The Morgan fingerprint density at radius 3 is 2.75 bits per heavy atom. The number of hydrogen-bond acceptors (Lipinski definition) is 1. The highest BCUT2D eigenvalue weighted by Gasteiger charge is 2.29. The van der Waals surface area contributed by atoms with Gasteiger partial charge in [-0.1, -0.05) is 11.6 Å². The molecule has 0 spiro atoms. The first kappa shape index (κ1) is 9.73. The van der Waals surface area contributed by atoms with Gasteiger partial charge in [-0.2, -0.15) is 0 Å². The van der Waals surface area contributed by atoms with Crippen LogP contribution in [0.25, 0.3) is 10.9 Å². The van der Waals surface area contributed by atoms with Crippen molar-refractivity contribution in [2.45, 2.75) is 18.9 Å². The molecule has 1 N–H and O–H groups in total. The minimum atomic E-state index is -0.876. The first-order valence-corrected chi connectivity index (χ1v) is 5.58. The molecule has 1 fully saturated rings. The minimum Gasteiger partial charge on any atom is -0.477 e. The van der Waals surface area contributed by atoms with E-state index in [4.69, 9.17) is 16.7 Å². The van der Waals surface area contributed by atoms with Crippen LogP contribution in [0.4, 0.5) is 0 Å². The largest absolute Gasteiger partial charge is 0.477 e. The Hall–Kier alpha value is -1.48. The lowest BCUT2D eigenvalue weighted by molar-refractivity contribution is 0.0685. The molecule has 1 aromatic carbocycles. The molecule has 2 aromatic rings. The summed E-state index contributed by atoms with van der Waals surface area (Å²) in [6.45, 7) is 0. The van der Waals surface area contributed by atoms with Crippen molar-refractivity contribution in [3.63, 3.8) is 0 Å². The van der Waals surface area contributed by atoms with Gasteiger partial charge in [0.05, 0.1) is 0 Å². The van der Waals surface area contributed by atoms with Crippen molar-refractivity contribution in [2.24, 2.45) is 0 Å². The van der Waals surface area contributed by atoms with Gasteiger partial charge in [0.2, 0.25) is 0 Å². The molecule has 1 aliphatic rings. The van der Waals surface area contributed by atoms with Crippen LogP contribution >= 0.6 is 11.6 Å². The normalized spacial score (nSPS) is 15.6. The molecule has 3 rings (SSSR count). The summed E-state index contributed by atoms with van der Waals surface area (Å²) in [5.41, 5.74) is 1.32. The Labute approximate surface area is 97.2 Å². The summed E-state index contributed by atoms with van der Waals surface area (Å²) < 4.78 is 1.91. The molecule has 1 heterocycles. The molecule has 3 nitrogen and oxygen atoms in total. The van der Waals surface area contributed by atoms with E-state index in [0.717, 1.165) is 23.7 Å². The van der Waals surface area contributed by atoms with Crippen LogP contribution in [0.3, 0.4) is 0 Å². The number of carboxylic acid groups (broad SMARTS) is 1. The summed E-state index contributed by atoms with van der Waals surface area (Å²) in [6.07, 6.45) is 2.12. The number of nitrogens with zero attached hydrogens (tertiary/aromatic N) is 1. The van der Waals surface area contributed by atoms with Crippen LogP contribution in [-0.4, -0.2) is 15.6 Å². The van der Waals surface area contributed by atoms with Crippen molar-refractivity contribution in [3.05, 3.63) is 35.0 Å². The maximum absolute atomic E-state index is 11.2. The third kappa shape index (κ3) is 1.39. The van der Waals surface area contributed by atoms with E-state index in [1.165, 1.54) is 0 Å². The molecular formula is C12H10ClNO2. The Kier molecular flexibility index (Phi) is 1.98. The molecular weight excluding hydrogens is 226 g/mol. The summed E-state index contributed by atoms with van der Waals surface area (Å²) in [7, 11) is 0. The lowest BCUT2D eigenvalue weighted by atomic mass is 10.2. The Morgan fingerprint density at radius 2 is 2.12 bits per heavy atom. The predicted molar refractivity (Wildman–Crippen MR) is 62.2 cm³/mol. The second-order valence-corrected chi connectivity index (χ2v) is 4.58. The van der Waals surface area contributed by atoms with E-state index < -0.39 is 5.97 Å².